The lowest BCUT2D eigenvalue weighted by molar-refractivity contribution is 0.114. The van der Waals surface area contributed by atoms with Gasteiger partial charge in [-0.25, -0.2) is 0 Å². The molecule has 0 bridgehead atoms. The molecular weight excluding hydrogens is 457 g/mol. The highest BCUT2D eigenvalue weighted by Crippen LogP contribution is 2.35. The second-order valence-corrected chi connectivity index (χ2v) is 7.45. The number of hydrogen-bond acceptors (Lipinski definition) is 4. The molecule has 0 amide bonds. The van der Waals surface area contributed by atoms with Crippen molar-refractivity contribution in [2.75, 3.05) is 39.5 Å². The number of guanidine groups is 1. The van der Waals surface area contributed by atoms with E-state index in [9.17, 15) is 0 Å². The molecule has 2 N–H and O–H groups in total. The van der Waals surface area contributed by atoms with Crippen molar-refractivity contribution in [3.05, 3.63) is 23.8 Å². The van der Waals surface area contributed by atoms with Crippen molar-refractivity contribution in [2.24, 2.45) is 4.99 Å². The van der Waals surface area contributed by atoms with E-state index in [0.717, 1.165) is 50.0 Å². The monoisotopic (exact) mass is 489 g/mol. The van der Waals surface area contributed by atoms with Crippen LogP contribution in [0.25, 0.3) is 0 Å². The molecule has 152 valence electrons. The zero-order chi connectivity index (χ0) is 18.4. The second kappa shape index (κ2) is 10.4. The highest BCUT2D eigenvalue weighted by molar-refractivity contribution is 14.0. The van der Waals surface area contributed by atoms with Crippen LogP contribution in [0.5, 0.6) is 11.5 Å². The molecule has 1 aromatic rings. The summed E-state index contributed by atoms with van der Waals surface area (Å²) in [5.74, 6) is 2.49. The molecule has 1 saturated heterocycles. The molecule has 1 atom stereocenters. The van der Waals surface area contributed by atoms with Gasteiger partial charge < -0.3 is 24.8 Å². The number of fused-ring (bicyclic) bond motifs is 1. The Morgan fingerprint density at radius 1 is 1.15 bits per heavy atom. The fourth-order valence-corrected chi connectivity index (χ4v) is 3.19. The molecule has 1 fully saturated rings. The maximum absolute atomic E-state index is 5.72. The van der Waals surface area contributed by atoms with Crippen LogP contribution < -0.4 is 20.1 Å². The van der Waals surface area contributed by atoms with Gasteiger partial charge in [-0.2, -0.15) is 0 Å². The van der Waals surface area contributed by atoms with Crippen LogP contribution in [0.1, 0.15) is 39.2 Å². The summed E-state index contributed by atoms with van der Waals surface area (Å²) in [6.45, 7) is 10.9. The van der Waals surface area contributed by atoms with E-state index in [4.69, 9.17) is 19.2 Å². The number of halogens is 1. The quantitative estimate of drug-likeness (QED) is 0.366. The molecule has 2 aliphatic heterocycles. The van der Waals surface area contributed by atoms with Gasteiger partial charge in [0.05, 0.1) is 12.6 Å². The molecule has 0 aliphatic carbocycles. The highest BCUT2D eigenvalue weighted by atomic mass is 127. The van der Waals surface area contributed by atoms with Crippen molar-refractivity contribution < 1.29 is 14.2 Å². The molecule has 1 aromatic carbocycles. The molecule has 2 aliphatic rings. The van der Waals surface area contributed by atoms with Crippen molar-refractivity contribution in [1.82, 2.24) is 10.6 Å². The Bertz CT molecular complexity index is 631. The smallest absolute Gasteiger partial charge is 0.191 e. The zero-order valence-electron chi connectivity index (χ0n) is 16.5. The van der Waals surface area contributed by atoms with Crippen LogP contribution in [0, 0.1) is 0 Å². The molecule has 0 aromatic heterocycles. The van der Waals surface area contributed by atoms with Gasteiger partial charge in [-0.05, 0) is 37.5 Å². The first-order chi connectivity index (χ1) is 12.6. The Morgan fingerprint density at radius 2 is 1.93 bits per heavy atom. The summed E-state index contributed by atoms with van der Waals surface area (Å²) in [5, 5.41) is 6.72. The summed E-state index contributed by atoms with van der Waals surface area (Å²) >= 11 is 0. The number of ether oxygens (including phenoxy) is 3. The third kappa shape index (κ3) is 6.14. The van der Waals surface area contributed by atoms with Gasteiger partial charge in [0.25, 0.3) is 0 Å². The van der Waals surface area contributed by atoms with Gasteiger partial charge in [0, 0.05) is 25.1 Å². The second-order valence-electron chi connectivity index (χ2n) is 7.45. The van der Waals surface area contributed by atoms with Gasteiger partial charge in [0.1, 0.15) is 13.2 Å². The number of aliphatic imine (C=N–C) groups is 1. The van der Waals surface area contributed by atoms with Crippen LogP contribution in [-0.4, -0.2) is 51.5 Å². The average Bonchev–Trinajstić information content (AvgIpc) is 3.17. The van der Waals surface area contributed by atoms with E-state index in [-0.39, 0.29) is 29.4 Å². The summed E-state index contributed by atoms with van der Waals surface area (Å²) in [7, 11) is 0. The zero-order valence-corrected chi connectivity index (χ0v) is 18.9. The molecule has 7 heteroatoms. The molecule has 0 saturated carbocycles. The van der Waals surface area contributed by atoms with Crippen molar-refractivity contribution in [1.29, 1.82) is 0 Å². The standard InChI is InChI=1S/C20H31N3O3.HI/c1-4-21-19(22-13-16-6-5-9-24-16)23-14-20(2,3)15-7-8-17-18(12-15)26-11-10-25-17;/h7-8,12,16H,4-6,9-11,13-14H2,1-3H3,(H2,21,22,23);1H. The van der Waals surface area contributed by atoms with Crippen LogP contribution >= 0.6 is 24.0 Å². The van der Waals surface area contributed by atoms with Gasteiger partial charge in [-0.15, -0.1) is 24.0 Å². The number of nitrogens with one attached hydrogen (secondary N) is 2. The van der Waals surface area contributed by atoms with Crippen LogP contribution in [0.2, 0.25) is 0 Å². The SMILES string of the molecule is CCNC(=NCC(C)(C)c1ccc2c(c1)OCCO2)NCC1CCCO1.I. The molecule has 0 spiro atoms. The molecule has 6 nitrogen and oxygen atoms in total. The predicted octanol–water partition coefficient (Wildman–Crippen LogP) is 3.09. The minimum Gasteiger partial charge on any atom is -0.486 e. The lowest BCUT2D eigenvalue weighted by atomic mass is 9.84. The van der Waals surface area contributed by atoms with Gasteiger partial charge in [0.2, 0.25) is 0 Å². The Kier molecular flexibility index (Phi) is 8.47. The minimum absolute atomic E-state index is 0. The maximum Gasteiger partial charge on any atom is 0.191 e. The molecular formula is C20H32IN3O3. The van der Waals surface area contributed by atoms with E-state index in [2.05, 4.69) is 43.5 Å². The predicted molar refractivity (Wildman–Crippen MR) is 119 cm³/mol. The van der Waals surface area contributed by atoms with Gasteiger partial charge in [-0.1, -0.05) is 19.9 Å². The number of nitrogens with zero attached hydrogens (tertiary/aromatic N) is 1. The Labute approximate surface area is 179 Å². The maximum atomic E-state index is 5.72. The van der Waals surface area contributed by atoms with Crippen molar-refractivity contribution >= 4 is 29.9 Å². The molecule has 27 heavy (non-hydrogen) atoms. The number of benzene rings is 1. The summed E-state index contributed by atoms with van der Waals surface area (Å²) in [6, 6.07) is 6.18. The van der Waals surface area contributed by atoms with E-state index in [1.165, 1.54) is 5.56 Å². The summed E-state index contributed by atoms with van der Waals surface area (Å²) < 4.78 is 17.0. The Balaban J connectivity index is 0.00000261. The first-order valence-corrected chi connectivity index (χ1v) is 9.62. The Hall–Kier alpha value is -1.22. The van der Waals surface area contributed by atoms with Gasteiger partial charge >= 0.3 is 0 Å². The van der Waals surface area contributed by atoms with Crippen molar-refractivity contribution in [3.8, 4) is 11.5 Å². The molecule has 1 unspecified atom stereocenters. The van der Waals surface area contributed by atoms with E-state index >= 15 is 0 Å². The third-order valence-electron chi connectivity index (χ3n) is 4.82. The highest BCUT2D eigenvalue weighted by Gasteiger charge is 2.24. The first-order valence-electron chi connectivity index (χ1n) is 9.62. The topological polar surface area (TPSA) is 64.1 Å². The number of rotatable bonds is 6. The lowest BCUT2D eigenvalue weighted by Crippen LogP contribution is -2.41. The van der Waals surface area contributed by atoms with Gasteiger partial charge in [-0.3, -0.25) is 4.99 Å². The Morgan fingerprint density at radius 3 is 2.63 bits per heavy atom. The van der Waals surface area contributed by atoms with Crippen LogP contribution in [0.4, 0.5) is 0 Å². The minimum atomic E-state index is -0.109. The van der Waals surface area contributed by atoms with Crippen molar-refractivity contribution in [2.45, 2.75) is 45.1 Å². The number of hydrogen-bond donors (Lipinski definition) is 2. The van der Waals surface area contributed by atoms with E-state index in [1.54, 1.807) is 0 Å². The van der Waals surface area contributed by atoms with Crippen LogP contribution in [0.3, 0.4) is 0 Å². The molecule has 2 heterocycles. The summed E-state index contributed by atoms with van der Waals surface area (Å²) in [5.41, 5.74) is 1.09. The van der Waals surface area contributed by atoms with Crippen molar-refractivity contribution in [3.63, 3.8) is 0 Å². The fraction of sp³-hybridized carbons (Fsp3) is 0.650. The van der Waals surface area contributed by atoms with E-state index in [1.807, 2.05) is 6.07 Å². The first kappa shape index (κ1) is 22.1. The summed E-state index contributed by atoms with van der Waals surface area (Å²) in [4.78, 5) is 4.80. The molecule has 3 rings (SSSR count). The van der Waals surface area contributed by atoms with Crippen LogP contribution in [0.15, 0.2) is 23.2 Å². The lowest BCUT2D eigenvalue weighted by Gasteiger charge is -2.26. The van der Waals surface area contributed by atoms with Gasteiger partial charge in [0.15, 0.2) is 17.5 Å². The summed E-state index contributed by atoms with van der Waals surface area (Å²) in [6.07, 6.45) is 2.57. The van der Waals surface area contributed by atoms with E-state index in [0.29, 0.717) is 25.9 Å². The average molecular weight is 489 g/mol. The fourth-order valence-electron chi connectivity index (χ4n) is 3.19. The molecule has 0 radical (unpaired) electrons. The third-order valence-corrected chi connectivity index (χ3v) is 4.82. The largest absolute Gasteiger partial charge is 0.486 e. The normalized spacial score (nSPS) is 19.4. The van der Waals surface area contributed by atoms with E-state index < -0.39 is 0 Å². The van der Waals surface area contributed by atoms with Crippen LogP contribution in [-0.2, 0) is 10.2 Å².